The maximum absolute atomic E-state index is 6.83. The van der Waals surface area contributed by atoms with Crippen LogP contribution in [0.1, 0.15) is 47.0 Å². The summed E-state index contributed by atoms with van der Waals surface area (Å²) < 4.78 is 40.4. The van der Waals surface area contributed by atoms with E-state index in [4.69, 9.17) is 32.8 Å². The highest BCUT2D eigenvalue weighted by Gasteiger charge is 2.49. The lowest BCUT2D eigenvalue weighted by Gasteiger charge is -2.43. The lowest BCUT2D eigenvalue weighted by Crippen LogP contribution is -2.66. The zero-order valence-electron chi connectivity index (χ0n) is 25.9. The molecule has 0 N–H and O–H groups in total. The van der Waals surface area contributed by atoms with E-state index in [0.29, 0.717) is 79.3 Å². The minimum Gasteiger partial charge on any atom is -0.405 e. The summed E-state index contributed by atoms with van der Waals surface area (Å²) in [6, 6.07) is 21.3. The lowest BCUT2D eigenvalue weighted by molar-refractivity contribution is -0.0180. The summed E-state index contributed by atoms with van der Waals surface area (Å²) in [5.74, 6) is 0. The van der Waals surface area contributed by atoms with E-state index in [1.54, 1.807) is 0 Å². The van der Waals surface area contributed by atoms with Gasteiger partial charge in [-0.15, -0.1) is 0 Å². The molecule has 0 unspecified atom stereocenters. The summed E-state index contributed by atoms with van der Waals surface area (Å²) in [7, 11) is -2.52. The van der Waals surface area contributed by atoms with Crippen LogP contribution in [-0.4, -0.2) is 94.2 Å². The third-order valence-electron chi connectivity index (χ3n) is 6.72. The van der Waals surface area contributed by atoms with Crippen molar-refractivity contribution in [3.63, 3.8) is 0 Å². The van der Waals surface area contributed by atoms with Gasteiger partial charge in [-0.1, -0.05) is 101 Å². The first-order valence-corrected chi connectivity index (χ1v) is 17.1. The van der Waals surface area contributed by atoms with Crippen molar-refractivity contribution in [3.05, 3.63) is 60.7 Å². The molecule has 7 nitrogen and oxygen atoms in total. The molecule has 0 heterocycles. The van der Waals surface area contributed by atoms with Crippen molar-refractivity contribution < 1.29 is 32.8 Å². The van der Waals surface area contributed by atoms with E-state index in [0.717, 1.165) is 13.0 Å². The highest BCUT2D eigenvalue weighted by molar-refractivity contribution is 6.99. The first-order chi connectivity index (χ1) is 20.0. The molecule has 2 aromatic rings. The minimum absolute atomic E-state index is 0.0414. The maximum atomic E-state index is 6.83. The zero-order valence-corrected chi connectivity index (χ0v) is 26.9. The molecule has 0 saturated heterocycles. The topological polar surface area (TPSA) is 64.6 Å². The van der Waals surface area contributed by atoms with Crippen LogP contribution in [0.15, 0.2) is 60.7 Å². The van der Waals surface area contributed by atoms with Crippen LogP contribution < -0.4 is 10.4 Å². The maximum Gasteiger partial charge on any atom is 0.261 e. The van der Waals surface area contributed by atoms with E-state index in [1.807, 2.05) is 0 Å². The van der Waals surface area contributed by atoms with Crippen molar-refractivity contribution in [3.8, 4) is 0 Å². The van der Waals surface area contributed by atoms with Gasteiger partial charge in [0.05, 0.1) is 79.3 Å². The van der Waals surface area contributed by atoms with Gasteiger partial charge >= 0.3 is 0 Å². The Morgan fingerprint density at radius 2 is 0.805 bits per heavy atom. The van der Waals surface area contributed by atoms with E-state index in [-0.39, 0.29) is 5.04 Å². The molecule has 0 aliphatic heterocycles. The van der Waals surface area contributed by atoms with Gasteiger partial charge in [-0.3, -0.25) is 0 Å². The second-order valence-electron chi connectivity index (χ2n) is 10.9. The Bertz CT molecular complexity index is 821. The number of hydrogen-bond donors (Lipinski definition) is 0. The Hall–Kier alpha value is -1.62. The monoisotopic (exact) mass is 590 g/mol. The molecule has 0 fully saturated rings. The van der Waals surface area contributed by atoms with E-state index in [1.165, 1.54) is 23.2 Å². The third-order valence-corrected chi connectivity index (χ3v) is 11.8. The van der Waals surface area contributed by atoms with Crippen LogP contribution in [0.25, 0.3) is 0 Å². The smallest absolute Gasteiger partial charge is 0.261 e. The normalized spacial score (nSPS) is 12.2. The van der Waals surface area contributed by atoms with Crippen molar-refractivity contribution in [2.45, 2.75) is 52.0 Å². The van der Waals surface area contributed by atoms with Gasteiger partial charge in [0.1, 0.15) is 0 Å². The molecule has 2 aromatic carbocycles. The van der Waals surface area contributed by atoms with E-state index >= 15 is 0 Å². The number of benzene rings is 2. The summed E-state index contributed by atoms with van der Waals surface area (Å²) in [5.41, 5.74) is 0. The van der Waals surface area contributed by atoms with Gasteiger partial charge in [-0.25, -0.2) is 0 Å². The van der Waals surface area contributed by atoms with Gasteiger partial charge in [-0.05, 0) is 21.8 Å². The van der Waals surface area contributed by atoms with Gasteiger partial charge in [0, 0.05) is 6.61 Å². The number of unbranched alkanes of at least 4 members (excludes halogenated alkanes) is 2. The van der Waals surface area contributed by atoms with E-state index in [2.05, 4.69) is 88.4 Å². The summed E-state index contributed by atoms with van der Waals surface area (Å²) in [4.78, 5) is 0. The Labute approximate surface area is 249 Å². The molecule has 0 aromatic heterocycles. The largest absolute Gasteiger partial charge is 0.405 e. The Morgan fingerprint density at radius 3 is 1.15 bits per heavy atom. The van der Waals surface area contributed by atoms with Crippen LogP contribution in [0.5, 0.6) is 0 Å². The van der Waals surface area contributed by atoms with E-state index in [9.17, 15) is 0 Å². The van der Waals surface area contributed by atoms with Crippen molar-refractivity contribution in [1.82, 2.24) is 0 Å². The van der Waals surface area contributed by atoms with Gasteiger partial charge in [0.2, 0.25) is 0 Å². The first-order valence-electron chi connectivity index (χ1n) is 15.2. The molecule has 0 amide bonds. The van der Waals surface area contributed by atoms with Crippen LogP contribution in [0.3, 0.4) is 0 Å². The molecule has 232 valence electrons. The lowest BCUT2D eigenvalue weighted by atomic mass is 10.2. The van der Waals surface area contributed by atoms with Gasteiger partial charge in [-0.2, -0.15) is 0 Å². The van der Waals surface area contributed by atoms with Gasteiger partial charge < -0.3 is 32.8 Å². The molecule has 41 heavy (non-hydrogen) atoms. The SMILES string of the molecule is CCCCCOCCOCCOCCOCCOCCOCCO[Si](c1ccccc1)(c1ccccc1)C(C)(C)C. The van der Waals surface area contributed by atoms with Crippen molar-refractivity contribution in [1.29, 1.82) is 0 Å². The van der Waals surface area contributed by atoms with E-state index < -0.39 is 8.32 Å². The molecular weight excluding hydrogens is 536 g/mol. The Morgan fingerprint density at radius 1 is 0.463 bits per heavy atom. The van der Waals surface area contributed by atoms with Crippen molar-refractivity contribution in [2.24, 2.45) is 0 Å². The Kier molecular flexibility index (Phi) is 19.1. The van der Waals surface area contributed by atoms with Gasteiger partial charge in [0.15, 0.2) is 0 Å². The molecule has 2 rings (SSSR count). The summed E-state index contributed by atoms with van der Waals surface area (Å²) in [6.07, 6.45) is 3.56. The highest BCUT2D eigenvalue weighted by Crippen LogP contribution is 2.36. The summed E-state index contributed by atoms with van der Waals surface area (Å²) in [6.45, 7) is 16.5. The quantitative estimate of drug-likeness (QED) is 0.121. The average Bonchev–Trinajstić information content (AvgIpc) is 2.98. The van der Waals surface area contributed by atoms with Crippen LogP contribution >= 0.6 is 0 Å². The first kappa shape index (κ1) is 35.6. The zero-order chi connectivity index (χ0) is 29.5. The van der Waals surface area contributed by atoms with Gasteiger partial charge in [0.25, 0.3) is 8.32 Å². The molecular formula is C33H54O7Si. The number of hydrogen-bond acceptors (Lipinski definition) is 7. The van der Waals surface area contributed by atoms with Crippen LogP contribution in [-0.2, 0) is 32.8 Å². The molecule has 8 heteroatoms. The minimum atomic E-state index is -2.52. The fourth-order valence-corrected chi connectivity index (χ4v) is 9.22. The Balaban J connectivity index is 1.50. The molecule has 0 atom stereocenters. The molecule has 0 radical (unpaired) electrons. The summed E-state index contributed by atoms with van der Waals surface area (Å²) >= 11 is 0. The van der Waals surface area contributed by atoms with Crippen molar-refractivity contribution >= 4 is 18.7 Å². The molecule has 0 aliphatic rings. The van der Waals surface area contributed by atoms with Crippen molar-refractivity contribution in [2.75, 3.05) is 85.9 Å². The standard InChI is InChI=1S/C33H54O7Si/c1-5-6-13-18-34-19-20-35-21-22-36-23-24-37-25-26-38-27-28-39-29-30-40-41(33(2,3)4,31-14-9-7-10-15-31)32-16-11-8-12-17-32/h7-12,14-17H,5-6,13,18-30H2,1-4H3. The second kappa shape index (κ2) is 22.0. The van der Waals surface area contributed by atoms with Crippen LogP contribution in [0.4, 0.5) is 0 Å². The predicted octanol–water partition coefficient (Wildman–Crippen LogP) is 4.85. The number of rotatable bonds is 25. The fourth-order valence-electron chi connectivity index (χ4n) is 4.67. The summed E-state index contributed by atoms with van der Waals surface area (Å²) in [5, 5.41) is 2.51. The molecule has 0 spiro atoms. The molecule has 0 aliphatic carbocycles. The molecule has 0 saturated carbocycles. The molecule has 0 bridgehead atoms. The van der Waals surface area contributed by atoms with Crippen LogP contribution in [0.2, 0.25) is 5.04 Å². The average molecular weight is 591 g/mol. The third kappa shape index (κ3) is 13.9. The second-order valence-corrected chi connectivity index (χ2v) is 15.2. The highest BCUT2D eigenvalue weighted by atomic mass is 28.4. The number of ether oxygens (including phenoxy) is 6. The fraction of sp³-hybridized carbons (Fsp3) is 0.636. The predicted molar refractivity (Wildman–Crippen MR) is 168 cm³/mol. The van der Waals surface area contributed by atoms with Crippen LogP contribution in [0, 0.1) is 0 Å².